The maximum Gasteiger partial charge on any atom is 0.317 e. The number of hydrogen-bond donors (Lipinski definition) is 1. The van der Waals surface area contributed by atoms with Gasteiger partial charge in [-0.1, -0.05) is 23.5 Å². The third-order valence-corrected chi connectivity index (χ3v) is 6.35. The average Bonchev–Trinajstić information content (AvgIpc) is 3.21. The van der Waals surface area contributed by atoms with E-state index in [1.807, 2.05) is 47.4 Å². The number of hydrogen-bond acceptors (Lipinski definition) is 6. The van der Waals surface area contributed by atoms with Crippen molar-refractivity contribution in [3.63, 3.8) is 0 Å². The maximum atomic E-state index is 12.5. The number of aromatic nitrogens is 1. The lowest BCUT2D eigenvalue weighted by Gasteiger charge is -2.31. The van der Waals surface area contributed by atoms with Crippen LogP contribution in [0.2, 0.25) is 0 Å². The Morgan fingerprint density at radius 3 is 2.52 bits per heavy atom. The number of urea groups is 1. The first-order valence-corrected chi connectivity index (χ1v) is 11.2. The van der Waals surface area contributed by atoms with Gasteiger partial charge in [0, 0.05) is 38.5 Å². The van der Waals surface area contributed by atoms with E-state index >= 15 is 0 Å². The average molecular weight is 442 g/mol. The van der Waals surface area contributed by atoms with Gasteiger partial charge in [0.15, 0.2) is 0 Å². The smallest absolute Gasteiger partial charge is 0.317 e. The monoisotopic (exact) mass is 441 g/mol. The molecule has 1 N–H and O–H groups in total. The maximum absolute atomic E-state index is 12.5. The third kappa shape index (κ3) is 5.38. The summed E-state index contributed by atoms with van der Waals surface area (Å²) in [5, 5.41) is 3.69. The van der Waals surface area contributed by atoms with Crippen molar-refractivity contribution >= 4 is 27.6 Å². The largest absolute Gasteiger partial charge is 0.497 e. The first-order valence-electron chi connectivity index (χ1n) is 10.4. The molecule has 1 aliphatic rings. The minimum Gasteiger partial charge on any atom is -0.497 e. The SMILES string of the molecule is COc1ccc(CCNC(=O)N2CCC(Oc3nc4cc(OC)ccc4s3)CC2)cc1. The number of ether oxygens (including phenoxy) is 3. The number of nitrogens with one attached hydrogen (secondary N) is 1. The Bertz CT molecular complexity index is 1010. The molecule has 1 aliphatic heterocycles. The summed E-state index contributed by atoms with van der Waals surface area (Å²) in [4.78, 5) is 18.9. The number of likely N-dealkylation sites (tertiary alicyclic amines) is 1. The summed E-state index contributed by atoms with van der Waals surface area (Å²) < 4.78 is 17.6. The van der Waals surface area contributed by atoms with Crippen LogP contribution < -0.4 is 19.5 Å². The van der Waals surface area contributed by atoms with Crippen LogP contribution >= 0.6 is 11.3 Å². The van der Waals surface area contributed by atoms with Crippen LogP contribution in [-0.4, -0.2) is 55.9 Å². The molecule has 0 radical (unpaired) electrons. The summed E-state index contributed by atoms with van der Waals surface area (Å²) in [6.07, 6.45) is 2.46. The number of fused-ring (bicyclic) bond motifs is 1. The molecule has 164 valence electrons. The number of carbonyl (C=O) groups is 1. The van der Waals surface area contributed by atoms with Gasteiger partial charge in [0.1, 0.15) is 17.6 Å². The van der Waals surface area contributed by atoms with Crippen LogP contribution in [0.25, 0.3) is 10.2 Å². The van der Waals surface area contributed by atoms with E-state index in [2.05, 4.69) is 10.3 Å². The van der Waals surface area contributed by atoms with Crippen LogP contribution in [0, 0.1) is 0 Å². The summed E-state index contributed by atoms with van der Waals surface area (Å²) >= 11 is 1.54. The standard InChI is InChI=1S/C23H27N3O4S/c1-28-17-5-3-16(4-6-17)9-12-24-22(27)26-13-10-18(11-14-26)30-23-25-20-15-19(29-2)7-8-21(20)31-23/h3-8,15,18H,9-14H2,1-2H3,(H,24,27). The van der Waals surface area contributed by atoms with E-state index in [-0.39, 0.29) is 12.1 Å². The van der Waals surface area contributed by atoms with Crippen molar-refractivity contribution in [2.45, 2.75) is 25.4 Å². The fourth-order valence-electron chi connectivity index (χ4n) is 3.60. The van der Waals surface area contributed by atoms with Gasteiger partial charge in [0.05, 0.1) is 24.4 Å². The van der Waals surface area contributed by atoms with Gasteiger partial charge in [0.25, 0.3) is 5.19 Å². The Hall–Kier alpha value is -3.00. The number of nitrogens with zero attached hydrogens (tertiary/aromatic N) is 2. The van der Waals surface area contributed by atoms with Gasteiger partial charge in [-0.3, -0.25) is 0 Å². The molecule has 7 nitrogen and oxygen atoms in total. The molecule has 0 bridgehead atoms. The lowest BCUT2D eigenvalue weighted by atomic mass is 10.1. The molecule has 0 aliphatic carbocycles. The van der Waals surface area contributed by atoms with Crippen LogP contribution in [0.4, 0.5) is 4.79 Å². The molecule has 1 saturated heterocycles. The van der Waals surface area contributed by atoms with Crippen molar-refractivity contribution in [2.75, 3.05) is 33.9 Å². The Balaban J connectivity index is 1.21. The summed E-state index contributed by atoms with van der Waals surface area (Å²) in [7, 11) is 3.30. The van der Waals surface area contributed by atoms with Gasteiger partial charge in [-0.25, -0.2) is 9.78 Å². The van der Waals surface area contributed by atoms with E-state index < -0.39 is 0 Å². The van der Waals surface area contributed by atoms with Gasteiger partial charge in [-0.2, -0.15) is 0 Å². The molecule has 2 aromatic carbocycles. The van der Waals surface area contributed by atoms with Gasteiger partial charge in [0.2, 0.25) is 0 Å². The highest BCUT2D eigenvalue weighted by Crippen LogP contribution is 2.31. The van der Waals surface area contributed by atoms with E-state index in [0.29, 0.717) is 24.8 Å². The Morgan fingerprint density at radius 2 is 1.81 bits per heavy atom. The van der Waals surface area contributed by atoms with E-state index in [4.69, 9.17) is 14.2 Å². The van der Waals surface area contributed by atoms with Crippen molar-refractivity contribution in [1.29, 1.82) is 0 Å². The fraction of sp³-hybridized carbons (Fsp3) is 0.391. The topological polar surface area (TPSA) is 72.9 Å². The van der Waals surface area contributed by atoms with Crippen LogP contribution in [0.3, 0.4) is 0 Å². The summed E-state index contributed by atoms with van der Waals surface area (Å²) in [5.74, 6) is 1.62. The fourth-order valence-corrected chi connectivity index (χ4v) is 4.46. The number of methoxy groups -OCH3 is 2. The van der Waals surface area contributed by atoms with E-state index in [1.54, 1.807) is 14.2 Å². The predicted octanol–water partition coefficient (Wildman–Crippen LogP) is 4.11. The first-order chi connectivity index (χ1) is 15.1. The van der Waals surface area contributed by atoms with Crippen LogP contribution in [0.5, 0.6) is 16.7 Å². The number of benzene rings is 2. The molecule has 2 heterocycles. The van der Waals surface area contributed by atoms with Crippen molar-refractivity contribution in [1.82, 2.24) is 15.2 Å². The second kappa shape index (κ2) is 9.87. The molecular formula is C23H27N3O4S. The molecule has 1 aromatic heterocycles. The molecule has 2 amide bonds. The second-order valence-corrected chi connectivity index (χ2v) is 8.44. The van der Waals surface area contributed by atoms with E-state index in [9.17, 15) is 4.79 Å². The molecular weight excluding hydrogens is 414 g/mol. The number of rotatable bonds is 7. The highest BCUT2D eigenvalue weighted by Gasteiger charge is 2.24. The highest BCUT2D eigenvalue weighted by atomic mass is 32.1. The summed E-state index contributed by atoms with van der Waals surface area (Å²) in [5.41, 5.74) is 2.05. The van der Waals surface area contributed by atoms with Gasteiger partial charge < -0.3 is 24.4 Å². The highest BCUT2D eigenvalue weighted by molar-refractivity contribution is 7.20. The van der Waals surface area contributed by atoms with Crippen molar-refractivity contribution < 1.29 is 19.0 Å². The van der Waals surface area contributed by atoms with E-state index in [1.165, 1.54) is 16.9 Å². The Kier molecular flexibility index (Phi) is 6.76. The quantitative estimate of drug-likeness (QED) is 0.597. The minimum atomic E-state index is -0.0148. The third-order valence-electron chi connectivity index (χ3n) is 5.42. The zero-order valence-corrected chi connectivity index (χ0v) is 18.6. The van der Waals surface area contributed by atoms with Crippen molar-refractivity contribution in [3.8, 4) is 16.7 Å². The second-order valence-electron chi connectivity index (χ2n) is 7.45. The number of piperidine rings is 1. The number of amides is 2. The lowest BCUT2D eigenvalue weighted by molar-refractivity contribution is 0.111. The Morgan fingerprint density at radius 1 is 1.10 bits per heavy atom. The van der Waals surface area contributed by atoms with Crippen LogP contribution in [-0.2, 0) is 6.42 Å². The zero-order valence-electron chi connectivity index (χ0n) is 17.8. The van der Waals surface area contributed by atoms with Crippen molar-refractivity contribution in [3.05, 3.63) is 48.0 Å². The molecule has 8 heteroatoms. The lowest BCUT2D eigenvalue weighted by Crippen LogP contribution is -2.46. The van der Waals surface area contributed by atoms with Gasteiger partial charge in [-0.05, 0) is 36.2 Å². The predicted molar refractivity (Wildman–Crippen MR) is 121 cm³/mol. The molecule has 0 unspecified atom stereocenters. The van der Waals surface area contributed by atoms with Crippen LogP contribution in [0.1, 0.15) is 18.4 Å². The summed E-state index contributed by atoms with van der Waals surface area (Å²) in [6.45, 7) is 1.96. The van der Waals surface area contributed by atoms with Crippen molar-refractivity contribution in [2.24, 2.45) is 0 Å². The molecule has 1 fully saturated rings. The molecule has 0 saturated carbocycles. The Labute approximate surface area is 185 Å². The number of carbonyl (C=O) groups excluding carboxylic acids is 1. The van der Waals surface area contributed by atoms with Gasteiger partial charge >= 0.3 is 6.03 Å². The number of thiazole rings is 1. The van der Waals surface area contributed by atoms with E-state index in [0.717, 1.165) is 41.0 Å². The molecule has 4 rings (SSSR count). The van der Waals surface area contributed by atoms with Gasteiger partial charge in [-0.15, -0.1) is 0 Å². The van der Waals surface area contributed by atoms with Crippen LogP contribution in [0.15, 0.2) is 42.5 Å². The first kappa shape index (κ1) is 21.2. The summed E-state index contributed by atoms with van der Waals surface area (Å²) in [6, 6.07) is 13.7. The zero-order chi connectivity index (χ0) is 21.6. The molecule has 0 spiro atoms. The minimum absolute atomic E-state index is 0.0148. The molecule has 31 heavy (non-hydrogen) atoms. The molecule has 3 aromatic rings. The normalized spacial score (nSPS) is 14.5. The molecule has 0 atom stereocenters.